The van der Waals surface area contributed by atoms with Crippen molar-refractivity contribution >= 4 is 12.1 Å². The van der Waals surface area contributed by atoms with Crippen LogP contribution in [0, 0.1) is 12.8 Å². The van der Waals surface area contributed by atoms with Crippen molar-refractivity contribution < 1.29 is 28.2 Å². The van der Waals surface area contributed by atoms with Gasteiger partial charge in [0.1, 0.15) is 18.1 Å². The van der Waals surface area contributed by atoms with Crippen molar-refractivity contribution in [1.29, 1.82) is 0 Å². The molecule has 10 nitrogen and oxygen atoms in total. The maximum atomic E-state index is 15.3. The Hall–Kier alpha value is -4.02. The lowest BCUT2D eigenvalue weighted by atomic mass is 9.79. The summed E-state index contributed by atoms with van der Waals surface area (Å²) in [5, 5.41) is 11.1. The van der Waals surface area contributed by atoms with Gasteiger partial charge in [0.05, 0.1) is 36.3 Å². The van der Waals surface area contributed by atoms with Crippen LogP contribution in [0.4, 0.5) is 9.18 Å². The average Bonchev–Trinajstić information content (AvgIpc) is 3.30. The van der Waals surface area contributed by atoms with E-state index >= 15 is 4.39 Å². The molecule has 0 bridgehead atoms. The number of benzene rings is 1. The highest BCUT2D eigenvalue weighted by molar-refractivity contribution is 5.79. The lowest BCUT2D eigenvalue weighted by Gasteiger charge is -2.33. The van der Waals surface area contributed by atoms with Gasteiger partial charge in [0.15, 0.2) is 0 Å². The van der Waals surface area contributed by atoms with Crippen LogP contribution in [0.5, 0.6) is 5.75 Å². The Morgan fingerprint density at radius 1 is 1.20 bits per heavy atom. The number of alkyl halides is 1. The zero-order chi connectivity index (χ0) is 28.7. The summed E-state index contributed by atoms with van der Waals surface area (Å²) in [6.07, 6.45) is 0.702. The number of carbonyl (C=O) groups is 2. The first-order valence-electron chi connectivity index (χ1n) is 13.5. The van der Waals surface area contributed by atoms with Gasteiger partial charge in [-0.15, -0.1) is 5.10 Å². The number of nitrogens with one attached hydrogen (secondary N) is 1. The molecule has 1 N–H and O–H groups in total. The van der Waals surface area contributed by atoms with Crippen LogP contribution < -0.4 is 10.1 Å². The van der Waals surface area contributed by atoms with Gasteiger partial charge in [-0.1, -0.05) is 35.5 Å². The summed E-state index contributed by atoms with van der Waals surface area (Å²) in [5.74, 6) is -0.332. The molecule has 3 aromatic rings. The van der Waals surface area contributed by atoms with E-state index in [0.29, 0.717) is 34.9 Å². The molecule has 0 spiro atoms. The molecule has 1 aromatic carbocycles. The van der Waals surface area contributed by atoms with Crippen molar-refractivity contribution in [2.75, 3.05) is 6.61 Å². The van der Waals surface area contributed by atoms with E-state index in [9.17, 15) is 9.59 Å². The van der Waals surface area contributed by atoms with Crippen LogP contribution in [0.15, 0.2) is 42.5 Å². The highest BCUT2D eigenvalue weighted by atomic mass is 19.1. The molecule has 1 fully saturated rings. The van der Waals surface area contributed by atoms with Crippen LogP contribution in [0.2, 0.25) is 0 Å². The standard InChI is InChI=1S/C29H36FN5O5/c1-19(2)40-27(36)29(30)14-8-11-22(15-29)18-38-25-13-12-23(32-20(25)3)26-24(35(4)34-33-26)16-31-28(37)39-17-21-9-6-5-7-10-21/h5-7,9-10,12-13,19,22H,8,11,14-18H2,1-4H3,(H,31,37)/t22?,29-/m1/s1. The molecule has 1 unspecified atom stereocenters. The van der Waals surface area contributed by atoms with Gasteiger partial charge in [-0.3, -0.25) is 0 Å². The summed E-state index contributed by atoms with van der Waals surface area (Å²) in [6.45, 7) is 5.83. The molecule has 1 saturated carbocycles. The second-order valence-corrected chi connectivity index (χ2v) is 10.4. The highest BCUT2D eigenvalue weighted by Crippen LogP contribution is 2.37. The van der Waals surface area contributed by atoms with E-state index in [1.807, 2.05) is 37.3 Å². The van der Waals surface area contributed by atoms with Gasteiger partial charge in [0.25, 0.3) is 0 Å². The van der Waals surface area contributed by atoms with E-state index < -0.39 is 17.7 Å². The van der Waals surface area contributed by atoms with Gasteiger partial charge in [-0.25, -0.2) is 23.6 Å². The minimum atomic E-state index is -1.97. The molecule has 2 aromatic heterocycles. The minimum Gasteiger partial charge on any atom is -0.491 e. The largest absolute Gasteiger partial charge is 0.491 e. The van der Waals surface area contributed by atoms with E-state index in [1.165, 1.54) is 0 Å². The lowest BCUT2D eigenvalue weighted by molar-refractivity contribution is -0.165. The van der Waals surface area contributed by atoms with Crippen molar-refractivity contribution in [3.8, 4) is 17.1 Å². The van der Waals surface area contributed by atoms with Crippen molar-refractivity contribution in [1.82, 2.24) is 25.3 Å². The quantitative estimate of drug-likeness (QED) is 0.355. The molecule has 1 aliphatic carbocycles. The Balaban J connectivity index is 1.34. The Labute approximate surface area is 233 Å². The third-order valence-corrected chi connectivity index (χ3v) is 6.82. The molecule has 214 valence electrons. The van der Waals surface area contributed by atoms with Crippen molar-refractivity contribution in [3.05, 3.63) is 59.4 Å². The number of hydrogen-bond acceptors (Lipinski definition) is 8. The van der Waals surface area contributed by atoms with Gasteiger partial charge in [-0.2, -0.15) is 0 Å². The van der Waals surface area contributed by atoms with E-state index in [1.54, 1.807) is 37.7 Å². The predicted octanol–water partition coefficient (Wildman–Crippen LogP) is 4.84. The summed E-state index contributed by atoms with van der Waals surface area (Å²) < 4.78 is 33.3. The average molecular weight is 554 g/mol. The SMILES string of the molecule is Cc1nc(-c2nnn(C)c2CNC(=O)OCc2ccccc2)ccc1OCC1CCC[C@](F)(C(=O)OC(C)C)C1. The maximum absolute atomic E-state index is 15.3. The molecule has 4 rings (SSSR count). The van der Waals surface area contributed by atoms with Crippen LogP contribution in [0.3, 0.4) is 0 Å². The van der Waals surface area contributed by atoms with Gasteiger partial charge < -0.3 is 19.5 Å². The van der Waals surface area contributed by atoms with E-state index in [-0.39, 0.29) is 44.6 Å². The number of alkyl carbamates (subject to hydrolysis) is 1. The fourth-order valence-electron chi connectivity index (χ4n) is 4.72. The fraction of sp³-hybridized carbons (Fsp3) is 0.483. The smallest absolute Gasteiger partial charge is 0.407 e. The molecule has 0 radical (unpaired) electrons. The first-order chi connectivity index (χ1) is 19.1. The predicted molar refractivity (Wildman–Crippen MR) is 145 cm³/mol. The Bertz CT molecular complexity index is 1320. The number of aromatic nitrogens is 4. The summed E-state index contributed by atoms with van der Waals surface area (Å²) in [5.41, 5.74) is 1.31. The molecule has 11 heteroatoms. The minimum absolute atomic E-state index is 0.0763. The van der Waals surface area contributed by atoms with Crippen LogP contribution >= 0.6 is 0 Å². The summed E-state index contributed by atoms with van der Waals surface area (Å²) in [4.78, 5) is 29.2. The summed E-state index contributed by atoms with van der Waals surface area (Å²) in [6, 6.07) is 13.0. The van der Waals surface area contributed by atoms with Gasteiger partial charge >= 0.3 is 12.1 Å². The first kappa shape index (κ1) is 29.0. The fourth-order valence-corrected chi connectivity index (χ4v) is 4.72. The van der Waals surface area contributed by atoms with Crippen LogP contribution in [-0.4, -0.2) is 50.4 Å². The molecular formula is C29H36FN5O5. The molecule has 2 atom stereocenters. The third-order valence-electron chi connectivity index (χ3n) is 6.82. The van der Waals surface area contributed by atoms with Crippen molar-refractivity contribution in [2.45, 2.75) is 71.4 Å². The first-order valence-corrected chi connectivity index (χ1v) is 13.5. The number of carbonyl (C=O) groups excluding carboxylic acids is 2. The Morgan fingerprint density at radius 3 is 2.70 bits per heavy atom. The number of nitrogens with zero attached hydrogens (tertiary/aromatic N) is 4. The van der Waals surface area contributed by atoms with Crippen LogP contribution in [0.1, 0.15) is 56.5 Å². The zero-order valence-corrected chi connectivity index (χ0v) is 23.4. The number of halogens is 1. The monoisotopic (exact) mass is 553 g/mol. The van der Waals surface area contributed by atoms with E-state index in [4.69, 9.17) is 14.2 Å². The second kappa shape index (κ2) is 12.9. The van der Waals surface area contributed by atoms with Crippen molar-refractivity contribution in [3.63, 3.8) is 0 Å². The number of esters is 1. The van der Waals surface area contributed by atoms with E-state index in [2.05, 4.69) is 20.6 Å². The third kappa shape index (κ3) is 7.34. The van der Waals surface area contributed by atoms with Crippen molar-refractivity contribution in [2.24, 2.45) is 13.0 Å². The molecule has 0 aliphatic heterocycles. The zero-order valence-electron chi connectivity index (χ0n) is 23.4. The Morgan fingerprint density at radius 2 is 1.98 bits per heavy atom. The summed E-state index contributed by atoms with van der Waals surface area (Å²) in [7, 11) is 1.74. The molecular weight excluding hydrogens is 517 g/mol. The normalized spacial score (nSPS) is 18.8. The number of pyridine rings is 1. The van der Waals surface area contributed by atoms with Crippen LogP contribution in [-0.2, 0) is 34.5 Å². The second-order valence-electron chi connectivity index (χ2n) is 10.4. The number of amides is 1. The lowest BCUT2D eigenvalue weighted by Crippen LogP contribution is -2.42. The maximum Gasteiger partial charge on any atom is 0.407 e. The number of ether oxygens (including phenoxy) is 3. The topological polar surface area (TPSA) is 117 Å². The van der Waals surface area contributed by atoms with Gasteiger partial charge in [-0.05, 0) is 70.1 Å². The highest BCUT2D eigenvalue weighted by Gasteiger charge is 2.45. The Kier molecular flexibility index (Phi) is 9.34. The molecule has 0 saturated heterocycles. The number of hydrogen-bond donors (Lipinski definition) is 1. The summed E-state index contributed by atoms with van der Waals surface area (Å²) >= 11 is 0. The molecule has 1 amide bonds. The molecule has 1 aliphatic rings. The molecule has 2 heterocycles. The molecule has 40 heavy (non-hydrogen) atoms. The van der Waals surface area contributed by atoms with E-state index in [0.717, 1.165) is 12.0 Å². The number of rotatable bonds is 10. The van der Waals surface area contributed by atoms with Crippen LogP contribution in [0.25, 0.3) is 11.4 Å². The van der Waals surface area contributed by atoms with Gasteiger partial charge in [0, 0.05) is 7.05 Å². The van der Waals surface area contributed by atoms with Gasteiger partial charge in [0.2, 0.25) is 5.67 Å². The number of aryl methyl sites for hydroxylation is 2.